The highest BCUT2D eigenvalue weighted by Crippen LogP contribution is 2.35. The average Bonchev–Trinajstić information content (AvgIpc) is 3.24. The fraction of sp³-hybridized carbons (Fsp3) is 0.0455. The van der Waals surface area contributed by atoms with Crippen LogP contribution < -0.4 is 5.32 Å². The third-order valence-corrected chi connectivity index (χ3v) is 5.30. The summed E-state index contributed by atoms with van der Waals surface area (Å²) in [7, 11) is 0. The smallest absolute Gasteiger partial charge is 0.242 e. The highest BCUT2D eigenvalue weighted by molar-refractivity contribution is 8.00. The number of thioether (sulfide) groups is 1. The molecule has 1 atom stereocenters. The van der Waals surface area contributed by atoms with Gasteiger partial charge in [-0.05, 0) is 29.8 Å². The molecular weight excluding hydrogens is 387 g/mol. The maximum atomic E-state index is 13.1. The SMILES string of the molecule is O=C(Nc1ccc(F)cc1)[C@H](Sc1n[nH]c(-c2ccccc2)n1)c1ccccc1. The van der Waals surface area contributed by atoms with Crippen LogP contribution >= 0.6 is 11.8 Å². The first-order valence-electron chi connectivity index (χ1n) is 8.95. The Labute approximate surface area is 171 Å². The van der Waals surface area contributed by atoms with E-state index in [1.807, 2.05) is 60.7 Å². The minimum absolute atomic E-state index is 0.237. The standard InChI is InChI=1S/C22H17FN4OS/c23-17-11-13-18(14-12-17)24-21(28)19(15-7-3-1-4-8-15)29-22-25-20(26-27-22)16-9-5-2-6-10-16/h1-14,19H,(H,24,28)(H,25,26,27)/t19-/m1/s1. The van der Waals surface area contributed by atoms with Gasteiger partial charge in [-0.25, -0.2) is 9.37 Å². The second-order valence-electron chi connectivity index (χ2n) is 6.24. The summed E-state index contributed by atoms with van der Waals surface area (Å²) in [5.74, 6) is 0.0453. The topological polar surface area (TPSA) is 70.7 Å². The molecule has 29 heavy (non-hydrogen) atoms. The number of amides is 1. The molecule has 0 fully saturated rings. The molecule has 0 spiro atoms. The molecule has 1 heterocycles. The summed E-state index contributed by atoms with van der Waals surface area (Å²) in [4.78, 5) is 17.5. The summed E-state index contributed by atoms with van der Waals surface area (Å²) in [5, 5.41) is 9.90. The molecule has 0 aliphatic rings. The number of carbonyl (C=O) groups excluding carboxylic acids is 1. The number of hydrogen-bond donors (Lipinski definition) is 2. The van der Waals surface area contributed by atoms with Crippen LogP contribution in [0.4, 0.5) is 10.1 Å². The summed E-state index contributed by atoms with van der Waals surface area (Å²) >= 11 is 1.25. The van der Waals surface area contributed by atoms with Gasteiger partial charge in [0.25, 0.3) is 0 Å². The van der Waals surface area contributed by atoms with Gasteiger partial charge in [0.05, 0.1) is 0 Å². The van der Waals surface area contributed by atoms with Gasteiger partial charge in [0.2, 0.25) is 11.1 Å². The molecule has 4 aromatic rings. The zero-order valence-corrected chi connectivity index (χ0v) is 16.1. The van der Waals surface area contributed by atoms with Crippen molar-refractivity contribution in [2.75, 3.05) is 5.32 Å². The first-order chi connectivity index (χ1) is 14.2. The fourth-order valence-corrected chi connectivity index (χ4v) is 3.68. The van der Waals surface area contributed by atoms with Gasteiger partial charge >= 0.3 is 0 Å². The van der Waals surface area contributed by atoms with E-state index in [9.17, 15) is 9.18 Å². The summed E-state index contributed by atoms with van der Waals surface area (Å²) in [6, 6.07) is 24.7. The third-order valence-electron chi connectivity index (χ3n) is 4.19. The van der Waals surface area contributed by atoms with Gasteiger partial charge in [0.1, 0.15) is 11.1 Å². The first-order valence-corrected chi connectivity index (χ1v) is 9.83. The lowest BCUT2D eigenvalue weighted by Gasteiger charge is -2.15. The molecule has 1 aromatic heterocycles. The van der Waals surface area contributed by atoms with Crippen molar-refractivity contribution in [2.24, 2.45) is 0 Å². The van der Waals surface area contributed by atoms with Crippen molar-refractivity contribution in [3.05, 3.63) is 96.3 Å². The first kappa shape index (κ1) is 18.9. The number of nitrogens with zero attached hydrogens (tertiary/aromatic N) is 2. The number of benzene rings is 3. The van der Waals surface area contributed by atoms with Crippen molar-refractivity contribution in [2.45, 2.75) is 10.4 Å². The average molecular weight is 404 g/mol. The van der Waals surface area contributed by atoms with Gasteiger partial charge in [0.15, 0.2) is 5.82 Å². The zero-order chi connectivity index (χ0) is 20.1. The van der Waals surface area contributed by atoms with Crippen molar-refractivity contribution in [3.8, 4) is 11.4 Å². The van der Waals surface area contributed by atoms with Crippen LogP contribution in [0.2, 0.25) is 0 Å². The molecule has 0 saturated carbocycles. The second kappa shape index (κ2) is 8.70. The second-order valence-corrected chi connectivity index (χ2v) is 7.31. The molecule has 0 bridgehead atoms. The van der Waals surface area contributed by atoms with Gasteiger partial charge in [-0.2, -0.15) is 0 Å². The molecule has 3 aromatic carbocycles. The lowest BCUT2D eigenvalue weighted by molar-refractivity contribution is -0.115. The van der Waals surface area contributed by atoms with Crippen LogP contribution in [0, 0.1) is 5.82 Å². The fourth-order valence-electron chi connectivity index (χ4n) is 2.77. The Morgan fingerprint density at radius 1 is 0.931 bits per heavy atom. The Kier molecular flexibility index (Phi) is 5.67. The van der Waals surface area contributed by atoms with Gasteiger partial charge in [-0.15, -0.1) is 5.10 Å². The Hall–Kier alpha value is -3.45. The summed E-state index contributed by atoms with van der Waals surface area (Å²) in [6.07, 6.45) is 0. The predicted octanol–water partition coefficient (Wildman–Crippen LogP) is 5.08. The van der Waals surface area contributed by atoms with E-state index in [2.05, 4.69) is 20.5 Å². The Morgan fingerprint density at radius 2 is 1.59 bits per heavy atom. The van der Waals surface area contributed by atoms with Crippen molar-refractivity contribution < 1.29 is 9.18 Å². The van der Waals surface area contributed by atoms with Crippen molar-refractivity contribution in [1.82, 2.24) is 15.2 Å². The molecule has 2 N–H and O–H groups in total. The number of H-pyrrole nitrogens is 1. The number of halogens is 1. The van der Waals surface area contributed by atoms with Crippen LogP contribution in [0.25, 0.3) is 11.4 Å². The highest BCUT2D eigenvalue weighted by atomic mass is 32.2. The van der Waals surface area contributed by atoms with Crippen molar-refractivity contribution >= 4 is 23.4 Å². The Bertz CT molecular complexity index is 1080. The van der Waals surface area contributed by atoms with Gasteiger partial charge in [0, 0.05) is 11.3 Å². The quantitative estimate of drug-likeness (QED) is 0.440. The zero-order valence-electron chi connectivity index (χ0n) is 15.2. The third kappa shape index (κ3) is 4.70. The van der Waals surface area contributed by atoms with Crippen LogP contribution in [0.5, 0.6) is 0 Å². The van der Waals surface area contributed by atoms with E-state index in [-0.39, 0.29) is 11.7 Å². The molecule has 5 nitrogen and oxygen atoms in total. The number of hydrogen-bond acceptors (Lipinski definition) is 4. The van der Waals surface area contributed by atoms with E-state index < -0.39 is 5.25 Å². The number of anilines is 1. The summed E-state index contributed by atoms with van der Waals surface area (Å²) in [5.41, 5.74) is 2.26. The number of aromatic amines is 1. The van der Waals surface area contributed by atoms with Crippen LogP contribution in [0.3, 0.4) is 0 Å². The number of aromatic nitrogens is 3. The molecule has 0 aliphatic heterocycles. The molecule has 4 rings (SSSR count). The van der Waals surface area contributed by atoms with Crippen LogP contribution in [0.1, 0.15) is 10.8 Å². The molecule has 0 unspecified atom stereocenters. The number of nitrogens with one attached hydrogen (secondary N) is 2. The molecule has 7 heteroatoms. The van der Waals surface area contributed by atoms with E-state index in [0.29, 0.717) is 16.7 Å². The maximum Gasteiger partial charge on any atom is 0.242 e. The van der Waals surface area contributed by atoms with E-state index in [1.54, 1.807) is 0 Å². The van der Waals surface area contributed by atoms with Gasteiger partial charge in [-0.3, -0.25) is 9.89 Å². The van der Waals surface area contributed by atoms with Crippen LogP contribution in [-0.4, -0.2) is 21.1 Å². The number of carbonyl (C=O) groups is 1. The highest BCUT2D eigenvalue weighted by Gasteiger charge is 2.24. The lowest BCUT2D eigenvalue weighted by Crippen LogP contribution is -2.19. The molecule has 0 saturated heterocycles. The molecule has 144 valence electrons. The largest absolute Gasteiger partial charge is 0.325 e. The summed E-state index contributed by atoms with van der Waals surface area (Å²) < 4.78 is 13.1. The maximum absolute atomic E-state index is 13.1. The van der Waals surface area contributed by atoms with Gasteiger partial charge in [-0.1, -0.05) is 72.4 Å². The molecular formula is C22H17FN4OS. The minimum atomic E-state index is -0.569. The number of rotatable bonds is 6. The lowest BCUT2D eigenvalue weighted by atomic mass is 10.1. The molecule has 1 amide bonds. The minimum Gasteiger partial charge on any atom is -0.325 e. The van der Waals surface area contributed by atoms with E-state index in [4.69, 9.17) is 0 Å². The monoisotopic (exact) mass is 404 g/mol. The van der Waals surface area contributed by atoms with E-state index in [0.717, 1.165) is 11.1 Å². The van der Waals surface area contributed by atoms with E-state index >= 15 is 0 Å². The van der Waals surface area contributed by atoms with Gasteiger partial charge < -0.3 is 5.32 Å². The Morgan fingerprint density at radius 3 is 2.28 bits per heavy atom. The van der Waals surface area contributed by atoms with E-state index in [1.165, 1.54) is 36.0 Å². The van der Waals surface area contributed by atoms with Crippen molar-refractivity contribution in [3.63, 3.8) is 0 Å². The molecule has 0 aliphatic carbocycles. The molecule has 0 radical (unpaired) electrons. The van der Waals surface area contributed by atoms with Crippen LogP contribution in [0.15, 0.2) is 90.1 Å². The summed E-state index contributed by atoms with van der Waals surface area (Å²) in [6.45, 7) is 0. The van der Waals surface area contributed by atoms with Crippen LogP contribution in [-0.2, 0) is 4.79 Å². The van der Waals surface area contributed by atoms with Crippen molar-refractivity contribution in [1.29, 1.82) is 0 Å². The normalized spacial score (nSPS) is 11.8. The predicted molar refractivity (Wildman–Crippen MR) is 112 cm³/mol. The Balaban J connectivity index is 1.57.